The van der Waals surface area contributed by atoms with Crippen LogP contribution < -0.4 is 0 Å². The van der Waals surface area contributed by atoms with Gasteiger partial charge >= 0.3 is 30.0 Å². The Morgan fingerprint density at radius 3 is 1.71 bits per heavy atom. The van der Waals surface area contributed by atoms with Gasteiger partial charge in [0.1, 0.15) is 0 Å². The molecule has 100 valence electrons. The Morgan fingerprint density at radius 1 is 1.00 bits per heavy atom. The maximum absolute atomic E-state index is 12.8. The van der Waals surface area contributed by atoms with Crippen LogP contribution in [0.15, 0.2) is 0 Å². The first-order valence-corrected chi connectivity index (χ1v) is 3.72. The van der Waals surface area contributed by atoms with Gasteiger partial charge < -0.3 is 9.47 Å². The summed E-state index contributed by atoms with van der Waals surface area (Å²) in [6, 6.07) is 0. The van der Waals surface area contributed by atoms with E-state index in [0.717, 1.165) is 0 Å². The van der Waals surface area contributed by atoms with Crippen LogP contribution in [-0.2, 0) is 9.47 Å². The van der Waals surface area contributed by atoms with Crippen LogP contribution in [-0.4, -0.2) is 36.6 Å². The van der Waals surface area contributed by atoms with Crippen molar-refractivity contribution in [2.45, 2.75) is 23.9 Å². The molecule has 3 nitrogen and oxygen atoms in total. The molecule has 1 fully saturated rings. The molecule has 1 aliphatic heterocycles. The van der Waals surface area contributed by atoms with Crippen molar-refractivity contribution in [1.29, 1.82) is 0 Å². The van der Waals surface area contributed by atoms with E-state index in [0.29, 0.717) is 0 Å². The van der Waals surface area contributed by atoms with Gasteiger partial charge in [-0.2, -0.15) is 35.1 Å². The first kappa shape index (κ1) is 13.8. The number of ether oxygens (including phenoxy) is 2. The second-order valence-electron chi connectivity index (χ2n) is 3.04. The Balaban J connectivity index is 3.32. The van der Waals surface area contributed by atoms with Crippen molar-refractivity contribution in [2.24, 2.45) is 0 Å². The number of alkyl halides is 8. The van der Waals surface area contributed by atoms with E-state index in [1.807, 2.05) is 0 Å². The molecule has 1 unspecified atom stereocenters. The molecule has 1 rings (SSSR count). The van der Waals surface area contributed by atoms with Gasteiger partial charge in [0.25, 0.3) is 0 Å². The van der Waals surface area contributed by atoms with E-state index in [-0.39, 0.29) is 0 Å². The maximum atomic E-state index is 12.8. The fourth-order valence-corrected chi connectivity index (χ4v) is 1.06. The number of carbonyl (C=O) groups excluding carboxylic acids is 1. The summed E-state index contributed by atoms with van der Waals surface area (Å²) in [6.07, 6.45) is -14.9. The predicted octanol–water partition coefficient (Wildman–Crippen LogP) is 2.65. The van der Waals surface area contributed by atoms with Gasteiger partial charge in [0.15, 0.2) is 6.61 Å². The predicted molar refractivity (Wildman–Crippen MR) is 32.2 cm³/mol. The van der Waals surface area contributed by atoms with Crippen LogP contribution in [0, 0.1) is 0 Å². The Morgan fingerprint density at radius 2 is 1.47 bits per heavy atom. The Kier molecular flexibility index (Phi) is 2.72. The van der Waals surface area contributed by atoms with Crippen molar-refractivity contribution >= 4 is 6.16 Å². The van der Waals surface area contributed by atoms with E-state index < -0.39 is 36.6 Å². The first-order valence-electron chi connectivity index (χ1n) is 3.72. The summed E-state index contributed by atoms with van der Waals surface area (Å²) >= 11 is 0. The number of rotatable bonds is 1. The summed E-state index contributed by atoms with van der Waals surface area (Å²) in [5.74, 6) is -6.32. The zero-order valence-corrected chi connectivity index (χ0v) is 7.46. The third-order valence-electron chi connectivity index (χ3n) is 1.97. The fourth-order valence-electron chi connectivity index (χ4n) is 1.06. The molecule has 1 heterocycles. The Hall–Kier alpha value is -1.29. The molecule has 0 radical (unpaired) electrons. The molecule has 1 aliphatic rings. The highest BCUT2D eigenvalue weighted by Crippen LogP contribution is 2.54. The van der Waals surface area contributed by atoms with Gasteiger partial charge in [0, 0.05) is 0 Å². The molecule has 0 bridgehead atoms. The third-order valence-corrected chi connectivity index (χ3v) is 1.97. The van der Waals surface area contributed by atoms with Crippen molar-refractivity contribution in [3.05, 3.63) is 0 Å². The van der Waals surface area contributed by atoms with Crippen LogP contribution in [0.25, 0.3) is 0 Å². The number of carbonyl (C=O) groups is 1. The van der Waals surface area contributed by atoms with E-state index in [1.165, 1.54) is 0 Å². The van der Waals surface area contributed by atoms with Gasteiger partial charge in [-0.05, 0) is 0 Å². The van der Waals surface area contributed by atoms with Gasteiger partial charge in [0.2, 0.25) is 0 Å². The second kappa shape index (κ2) is 3.35. The zero-order valence-electron chi connectivity index (χ0n) is 7.46. The number of hydrogen-bond donors (Lipinski definition) is 0. The van der Waals surface area contributed by atoms with E-state index in [9.17, 15) is 39.9 Å². The lowest BCUT2D eigenvalue weighted by molar-refractivity contribution is -0.392. The summed E-state index contributed by atoms with van der Waals surface area (Å²) in [5.41, 5.74) is -5.05. The largest absolute Gasteiger partial charge is 0.509 e. The maximum Gasteiger partial charge on any atom is 0.509 e. The van der Waals surface area contributed by atoms with Crippen LogP contribution in [0.2, 0.25) is 0 Å². The van der Waals surface area contributed by atoms with Crippen LogP contribution in [0.4, 0.5) is 39.9 Å². The second-order valence-corrected chi connectivity index (χ2v) is 3.04. The van der Waals surface area contributed by atoms with Crippen LogP contribution >= 0.6 is 0 Å². The van der Waals surface area contributed by atoms with Gasteiger partial charge in [-0.25, -0.2) is 4.79 Å². The highest BCUT2D eigenvalue weighted by atomic mass is 19.4. The lowest BCUT2D eigenvalue weighted by Gasteiger charge is -2.35. The normalized spacial score (nSPS) is 26.7. The molecule has 0 saturated carbocycles. The van der Waals surface area contributed by atoms with Crippen molar-refractivity contribution in [1.82, 2.24) is 0 Å². The molecule has 1 saturated heterocycles. The van der Waals surface area contributed by atoms with Crippen molar-refractivity contribution in [3.63, 3.8) is 0 Å². The van der Waals surface area contributed by atoms with Gasteiger partial charge in [-0.3, -0.25) is 0 Å². The first-order chi connectivity index (χ1) is 7.35. The zero-order chi connectivity index (χ0) is 13.7. The van der Waals surface area contributed by atoms with Crippen molar-refractivity contribution in [2.75, 3.05) is 6.61 Å². The molecule has 11 heteroatoms. The highest BCUT2D eigenvalue weighted by Gasteiger charge is 2.84. The van der Waals surface area contributed by atoms with Crippen LogP contribution in [0.3, 0.4) is 0 Å². The number of halogens is 8. The third kappa shape index (κ3) is 1.76. The summed E-state index contributed by atoms with van der Waals surface area (Å²) in [6.45, 7) is -2.26. The van der Waals surface area contributed by atoms with Crippen LogP contribution in [0.5, 0.6) is 0 Å². The minimum absolute atomic E-state index is 2.24. The van der Waals surface area contributed by atoms with Gasteiger partial charge in [0.05, 0.1) is 0 Å². The van der Waals surface area contributed by atoms with Gasteiger partial charge in [-0.15, -0.1) is 0 Å². The van der Waals surface area contributed by atoms with Crippen LogP contribution in [0.1, 0.15) is 0 Å². The lowest BCUT2D eigenvalue weighted by atomic mass is 9.95. The van der Waals surface area contributed by atoms with Crippen molar-refractivity contribution in [3.8, 4) is 0 Å². The summed E-state index contributed by atoms with van der Waals surface area (Å²) in [7, 11) is 0. The highest BCUT2D eigenvalue weighted by molar-refractivity contribution is 5.63. The SMILES string of the molecule is O=C1OCC(C(F)(F)F)(C(F)(F)C(F)(F)F)O1. The molecule has 17 heavy (non-hydrogen) atoms. The summed E-state index contributed by atoms with van der Waals surface area (Å²) < 4.78 is 104. The topological polar surface area (TPSA) is 35.5 Å². The molecular weight excluding hydrogens is 272 g/mol. The van der Waals surface area contributed by atoms with Crippen molar-refractivity contribution < 1.29 is 49.4 Å². The molecule has 0 aromatic heterocycles. The molecule has 0 amide bonds. The average molecular weight is 274 g/mol. The molecule has 1 atom stereocenters. The lowest BCUT2D eigenvalue weighted by Crippen LogP contribution is -2.66. The summed E-state index contributed by atoms with van der Waals surface area (Å²) in [4.78, 5) is 10.2. The quantitative estimate of drug-likeness (QED) is 0.544. The molecule has 0 N–H and O–H groups in total. The molecular formula is C6H2F8O3. The van der Waals surface area contributed by atoms with Gasteiger partial charge in [-0.1, -0.05) is 0 Å². The fraction of sp³-hybridized carbons (Fsp3) is 0.833. The molecule has 0 aliphatic carbocycles. The van der Waals surface area contributed by atoms with E-state index >= 15 is 0 Å². The molecule has 0 aromatic carbocycles. The Labute approximate surface area is 87.3 Å². The standard InChI is InChI=1S/C6H2F8O3/c7-4(8,6(12,13)14)3(5(9,10)11)1-16-2(15)17-3/h1H2. The number of hydrogen-bond acceptors (Lipinski definition) is 3. The molecule has 0 aromatic rings. The smallest absolute Gasteiger partial charge is 0.429 e. The van der Waals surface area contributed by atoms with E-state index in [4.69, 9.17) is 0 Å². The average Bonchev–Trinajstić information content (AvgIpc) is 2.45. The number of cyclic esters (lactones) is 2. The van der Waals surface area contributed by atoms with E-state index in [1.54, 1.807) is 0 Å². The Bertz CT molecular complexity index is 331. The monoisotopic (exact) mass is 274 g/mol. The minimum atomic E-state index is -6.55. The van der Waals surface area contributed by atoms with E-state index in [2.05, 4.69) is 9.47 Å². The molecule has 0 spiro atoms. The summed E-state index contributed by atoms with van der Waals surface area (Å²) in [5, 5.41) is 0. The minimum Gasteiger partial charge on any atom is -0.429 e.